The van der Waals surface area contributed by atoms with Crippen LogP contribution in [-0.2, 0) is 0 Å². The van der Waals surface area contributed by atoms with Crippen LogP contribution in [-0.4, -0.2) is 21.7 Å². The number of aromatic nitrogens is 2. The van der Waals surface area contributed by atoms with Gasteiger partial charge in [0.2, 0.25) is 0 Å². The van der Waals surface area contributed by atoms with E-state index in [-0.39, 0.29) is 17.6 Å². The zero-order valence-electron chi connectivity index (χ0n) is 12.5. The summed E-state index contributed by atoms with van der Waals surface area (Å²) in [4.78, 5) is 20.6. The second-order valence-corrected chi connectivity index (χ2v) is 5.38. The lowest BCUT2D eigenvalue weighted by Gasteiger charge is -2.15. The molecule has 2 heterocycles. The second kappa shape index (κ2) is 5.36. The Kier molecular flexibility index (Phi) is 3.52. The number of fused-ring (bicyclic) bond motifs is 3. The molecule has 0 aliphatic carbocycles. The molecule has 0 spiro atoms. The Labute approximate surface area is 127 Å². The molecule has 3 rings (SSSR count). The van der Waals surface area contributed by atoms with Crippen molar-refractivity contribution in [1.29, 1.82) is 0 Å². The number of aryl methyl sites for hydroxylation is 1. The zero-order valence-corrected chi connectivity index (χ0v) is 12.5. The topological polar surface area (TPSA) is 73.3 Å². The SMILES string of the molecule is CCCC1N=Cc2cc(F)ccc2-n2c(C)nc(C(N)=O)c21. The lowest BCUT2D eigenvalue weighted by atomic mass is 10.1. The number of primary amides is 1. The van der Waals surface area contributed by atoms with Gasteiger partial charge in [-0.25, -0.2) is 9.37 Å². The summed E-state index contributed by atoms with van der Waals surface area (Å²) in [7, 11) is 0. The van der Waals surface area contributed by atoms with Crippen molar-refractivity contribution >= 4 is 12.1 Å². The number of imidazole rings is 1. The molecular formula is C16H17FN4O. The van der Waals surface area contributed by atoms with Crippen LogP contribution < -0.4 is 5.73 Å². The zero-order chi connectivity index (χ0) is 15.9. The Hall–Kier alpha value is -2.50. The van der Waals surface area contributed by atoms with Crippen molar-refractivity contribution in [2.45, 2.75) is 32.7 Å². The summed E-state index contributed by atoms with van der Waals surface area (Å²) in [5.41, 5.74) is 7.83. The largest absolute Gasteiger partial charge is 0.364 e. The molecule has 0 fully saturated rings. The molecule has 2 aromatic rings. The number of hydrogen-bond donors (Lipinski definition) is 1. The van der Waals surface area contributed by atoms with E-state index in [2.05, 4.69) is 9.98 Å². The average Bonchev–Trinajstić information content (AvgIpc) is 2.72. The Morgan fingerprint density at radius 2 is 2.23 bits per heavy atom. The first-order valence-electron chi connectivity index (χ1n) is 7.25. The highest BCUT2D eigenvalue weighted by Crippen LogP contribution is 2.33. The van der Waals surface area contributed by atoms with E-state index in [4.69, 9.17) is 5.73 Å². The van der Waals surface area contributed by atoms with E-state index in [9.17, 15) is 9.18 Å². The highest BCUT2D eigenvalue weighted by atomic mass is 19.1. The standard InChI is InChI=1S/C16H17FN4O/c1-3-4-12-15-14(16(18)22)20-9(2)21(15)13-6-5-11(17)7-10(13)8-19-12/h5-8,12H,3-4H2,1-2H3,(H2,18,22). The van der Waals surface area contributed by atoms with Gasteiger partial charge in [-0.15, -0.1) is 0 Å². The molecule has 1 aliphatic rings. The molecule has 22 heavy (non-hydrogen) atoms. The van der Waals surface area contributed by atoms with Crippen molar-refractivity contribution in [3.63, 3.8) is 0 Å². The van der Waals surface area contributed by atoms with Crippen LogP contribution in [0.15, 0.2) is 23.2 Å². The van der Waals surface area contributed by atoms with E-state index in [1.807, 2.05) is 11.5 Å². The van der Waals surface area contributed by atoms with Gasteiger partial charge in [-0.1, -0.05) is 13.3 Å². The summed E-state index contributed by atoms with van der Waals surface area (Å²) in [5, 5.41) is 0. The predicted octanol–water partition coefficient (Wildman–Crippen LogP) is 2.69. The van der Waals surface area contributed by atoms with Gasteiger partial charge in [0.1, 0.15) is 11.6 Å². The van der Waals surface area contributed by atoms with E-state index >= 15 is 0 Å². The van der Waals surface area contributed by atoms with E-state index in [1.54, 1.807) is 19.2 Å². The minimum Gasteiger partial charge on any atom is -0.364 e. The van der Waals surface area contributed by atoms with Gasteiger partial charge in [-0.3, -0.25) is 14.4 Å². The summed E-state index contributed by atoms with van der Waals surface area (Å²) in [5.74, 6) is -0.254. The molecule has 6 heteroatoms. The van der Waals surface area contributed by atoms with Crippen LogP contribution in [0.3, 0.4) is 0 Å². The van der Waals surface area contributed by atoms with E-state index in [0.29, 0.717) is 17.1 Å². The first kappa shape index (κ1) is 14.4. The highest BCUT2D eigenvalue weighted by Gasteiger charge is 2.28. The monoisotopic (exact) mass is 300 g/mol. The number of carbonyl (C=O) groups excluding carboxylic acids is 1. The molecule has 1 atom stereocenters. The number of rotatable bonds is 3. The maximum atomic E-state index is 13.5. The van der Waals surface area contributed by atoms with Gasteiger partial charge < -0.3 is 5.73 Å². The average molecular weight is 300 g/mol. The number of benzene rings is 1. The molecule has 1 aliphatic heterocycles. The number of carbonyl (C=O) groups is 1. The molecule has 114 valence electrons. The minimum atomic E-state index is -0.571. The minimum absolute atomic E-state index is 0.218. The Morgan fingerprint density at radius 1 is 1.45 bits per heavy atom. The van der Waals surface area contributed by atoms with Crippen LogP contribution in [0.5, 0.6) is 0 Å². The fraction of sp³-hybridized carbons (Fsp3) is 0.312. The van der Waals surface area contributed by atoms with Gasteiger partial charge >= 0.3 is 0 Å². The third-order valence-electron chi connectivity index (χ3n) is 3.82. The lowest BCUT2D eigenvalue weighted by molar-refractivity contribution is 0.0994. The number of nitrogens with zero attached hydrogens (tertiary/aromatic N) is 3. The number of nitrogens with two attached hydrogens (primary N) is 1. The molecule has 0 bridgehead atoms. The van der Waals surface area contributed by atoms with Crippen LogP contribution in [0.25, 0.3) is 5.69 Å². The summed E-state index contributed by atoms with van der Waals surface area (Å²) >= 11 is 0. The third kappa shape index (κ3) is 2.20. The van der Waals surface area contributed by atoms with Gasteiger partial charge in [0.15, 0.2) is 5.69 Å². The van der Waals surface area contributed by atoms with Crippen LogP contribution >= 0.6 is 0 Å². The van der Waals surface area contributed by atoms with Crippen LogP contribution in [0.1, 0.15) is 53.4 Å². The van der Waals surface area contributed by atoms with E-state index in [0.717, 1.165) is 18.5 Å². The Morgan fingerprint density at radius 3 is 2.91 bits per heavy atom. The van der Waals surface area contributed by atoms with Gasteiger partial charge in [0.25, 0.3) is 5.91 Å². The van der Waals surface area contributed by atoms with Crippen LogP contribution in [0.2, 0.25) is 0 Å². The maximum Gasteiger partial charge on any atom is 0.269 e. The summed E-state index contributed by atoms with van der Waals surface area (Å²) < 4.78 is 15.4. The molecular weight excluding hydrogens is 283 g/mol. The van der Waals surface area contributed by atoms with Crippen LogP contribution in [0.4, 0.5) is 4.39 Å². The Bertz CT molecular complexity index is 779. The van der Waals surface area contributed by atoms with Crippen molar-refractivity contribution in [2.75, 3.05) is 0 Å². The smallest absolute Gasteiger partial charge is 0.269 e. The van der Waals surface area contributed by atoms with Crippen molar-refractivity contribution in [2.24, 2.45) is 10.7 Å². The van der Waals surface area contributed by atoms with Crippen LogP contribution in [0, 0.1) is 12.7 Å². The summed E-state index contributed by atoms with van der Waals surface area (Å²) in [6.07, 6.45) is 3.32. The summed E-state index contributed by atoms with van der Waals surface area (Å²) in [6.45, 7) is 3.85. The van der Waals surface area contributed by atoms with Gasteiger partial charge in [-0.05, 0) is 31.5 Å². The van der Waals surface area contributed by atoms with Gasteiger partial charge in [-0.2, -0.15) is 0 Å². The fourth-order valence-corrected chi connectivity index (χ4v) is 2.90. The Balaban J connectivity index is 2.33. The first-order chi connectivity index (χ1) is 10.5. The molecule has 0 saturated carbocycles. The lowest BCUT2D eigenvalue weighted by Crippen LogP contribution is -2.16. The molecule has 2 N–H and O–H groups in total. The highest BCUT2D eigenvalue weighted by molar-refractivity contribution is 5.93. The molecule has 1 aromatic heterocycles. The van der Waals surface area contributed by atoms with Crippen molar-refractivity contribution < 1.29 is 9.18 Å². The van der Waals surface area contributed by atoms with Gasteiger partial charge in [0, 0.05) is 11.8 Å². The fourth-order valence-electron chi connectivity index (χ4n) is 2.90. The molecule has 0 saturated heterocycles. The maximum absolute atomic E-state index is 13.5. The first-order valence-corrected chi connectivity index (χ1v) is 7.25. The van der Waals surface area contributed by atoms with E-state index < -0.39 is 5.91 Å². The summed E-state index contributed by atoms with van der Waals surface area (Å²) in [6, 6.07) is 4.28. The van der Waals surface area contributed by atoms with Crippen molar-refractivity contribution in [3.8, 4) is 5.69 Å². The van der Waals surface area contributed by atoms with Crippen molar-refractivity contribution in [3.05, 3.63) is 46.8 Å². The van der Waals surface area contributed by atoms with E-state index in [1.165, 1.54) is 12.1 Å². The predicted molar refractivity (Wildman–Crippen MR) is 82.0 cm³/mol. The normalized spacial score (nSPS) is 16.0. The number of amides is 1. The molecule has 5 nitrogen and oxygen atoms in total. The molecule has 1 amide bonds. The van der Waals surface area contributed by atoms with Gasteiger partial charge in [0.05, 0.1) is 17.4 Å². The number of halogens is 1. The quantitative estimate of drug-likeness (QED) is 0.946. The molecule has 1 unspecified atom stereocenters. The third-order valence-corrected chi connectivity index (χ3v) is 3.82. The molecule has 0 radical (unpaired) electrons. The second-order valence-electron chi connectivity index (χ2n) is 5.38. The van der Waals surface area contributed by atoms with Crippen molar-refractivity contribution in [1.82, 2.24) is 9.55 Å². The number of aliphatic imine (C=N–C) groups is 1. The number of hydrogen-bond acceptors (Lipinski definition) is 3. The molecule has 1 aromatic carbocycles.